The Labute approximate surface area is 138 Å². The number of nitrogens with one attached hydrogen (secondary N) is 1. The number of piperidine rings is 3. The number of aliphatic hydroxyl groups is 1. The van der Waals surface area contributed by atoms with E-state index in [1.54, 1.807) is 0 Å². The Bertz CT molecular complexity index is 539. The maximum absolute atomic E-state index is 12.4. The molecule has 3 saturated heterocycles. The lowest BCUT2D eigenvalue weighted by Crippen LogP contribution is -2.57. The van der Waals surface area contributed by atoms with Gasteiger partial charge in [0.05, 0.1) is 5.60 Å². The second-order valence-corrected chi connectivity index (χ2v) is 7.73. The topological polar surface area (TPSA) is 52.6 Å². The predicted molar refractivity (Wildman–Crippen MR) is 91.5 cm³/mol. The second kappa shape index (κ2) is 6.62. The summed E-state index contributed by atoms with van der Waals surface area (Å²) >= 11 is 0. The van der Waals surface area contributed by atoms with E-state index in [1.165, 1.54) is 25.9 Å². The van der Waals surface area contributed by atoms with Crippen molar-refractivity contribution in [1.82, 2.24) is 10.2 Å². The van der Waals surface area contributed by atoms with Crippen LogP contribution in [-0.4, -0.2) is 47.2 Å². The summed E-state index contributed by atoms with van der Waals surface area (Å²) in [4.78, 5) is 14.9. The average molecular weight is 316 g/mol. The third kappa shape index (κ3) is 4.33. The number of carbonyl (C=O) groups excluding carboxylic acids is 1. The fraction of sp³-hybridized carbons (Fsp3) is 0.632. The van der Waals surface area contributed by atoms with Crippen LogP contribution in [-0.2, 0) is 6.42 Å². The Morgan fingerprint density at radius 2 is 1.91 bits per heavy atom. The van der Waals surface area contributed by atoms with Crippen molar-refractivity contribution in [2.75, 3.05) is 19.6 Å². The highest BCUT2D eigenvalue weighted by atomic mass is 16.3. The van der Waals surface area contributed by atoms with Gasteiger partial charge in [0, 0.05) is 18.2 Å². The number of benzene rings is 1. The molecular weight excluding hydrogens is 288 g/mol. The number of aryl methyl sites for hydroxylation is 1. The van der Waals surface area contributed by atoms with Gasteiger partial charge in [-0.1, -0.05) is 12.1 Å². The molecule has 3 heterocycles. The Morgan fingerprint density at radius 1 is 1.26 bits per heavy atom. The number of carbonyl (C=O) groups is 1. The third-order valence-electron chi connectivity index (χ3n) is 5.21. The van der Waals surface area contributed by atoms with Gasteiger partial charge in [0.1, 0.15) is 0 Å². The van der Waals surface area contributed by atoms with Gasteiger partial charge in [-0.3, -0.25) is 4.79 Å². The van der Waals surface area contributed by atoms with Crippen molar-refractivity contribution >= 4 is 5.91 Å². The van der Waals surface area contributed by atoms with Crippen LogP contribution in [0.3, 0.4) is 0 Å². The fourth-order valence-corrected chi connectivity index (χ4v) is 3.65. The highest BCUT2D eigenvalue weighted by molar-refractivity contribution is 5.94. The van der Waals surface area contributed by atoms with Crippen molar-refractivity contribution < 1.29 is 9.90 Å². The molecule has 1 aromatic rings. The highest BCUT2D eigenvalue weighted by Crippen LogP contribution is 2.27. The molecule has 0 unspecified atom stereocenters. The summed E-state index contributed by atoms with van der Waals surface area (Å²) in [5, 5.41) is 13.0. The molecule has 0 saturated carbocycles. The SMILES string of the molecule is CC(C)(O)CCc1ccc(C(=O)N[C@@H]2CN3CCC2CC3)cc1. The zero-order chi connectivity index (χ0) is 16.4. The van der Waals surface area contributed by atoms with Crippen molar-refractivity contribution in [2.45, 2.75) is 51.2 Å². The van der Waals surface area contributed by atoms with Crippen LogP contribution in [0, 0.1) is 5.92 Å². The van der Waals surface area contributed by atoms with Crippen LogP contribution >= 0.6 is 0 Å². The molecule has 0 aromatic heterocycles. The molecule has 2 N–H and O–H groups in total. The first-order valence-electron chi connectivity index (χ1n) is 8.75. The van der Waals surface area contributed by atoms with Crippen LogP contribution in [0.1, 0.15) is 49.0 Å². The molecule has 0 radical (unpaired) electrons. The molecule has 3 aliphatic heterocycles. The van der Waals surface area contributed by atoms with Gasteiger partial charge < -0.3 is 15.3 Å². The van der Waals surface area contributed by atoms with E-state index < -0.39 is 5.60 Å². The molecule has 1 amide bonds. The second-order valence-electron chi connectivity index (χ2n) is 7.73. The zero-order valence-corrected chi connectivity index (χ0v) is 14.2. The number of rotatable bonds is 5. The van der Waals surface area contributed by atoms with Crippen LogP contribution in [0.25, 0.3) is 0 Å². The molecule has 2 bridgehead atoms. The van der Waals surface area contributed by atoms with Crippen molar-refractivity contribution in [3.8, 4) is 0 Å². The van der Waals surface area contributed by atoms with Crippen molar-refractivity contribution in [1.29, 1.82) is 0 Å². The summed E-state index contributed by atoms with van der Waals surface area (Å²) in [7, 11) is 0. The van der Waals surface area contributed by atoms with E-state index in [-0.39, 0.29) is 5.91 Å². The molecule has 3 aliphatic rings. The van der Waals surface area contributed by atoms with E-state index in [0.717, 1.165) is 30.5 Å². The quantitative estimate of drug-likeness (QED) is 0.876. The van der Waals surface area contributed by atoms with E-state index >= 15 is 0 Å². The summed E-state index contributed by atoms with van der Waals surface area (Å²) in [6, 6.07) is 8.10. The Kier molecular flexibility index (Phi) is 4.74. The molecule has 0 aliphatic carbocycles. The minimum Gasteiger partial charge on any atom is -0.390 e. The number of fused-ring (bicyclic) bond motifs is 3. The van der Waals surface area contributed by atoms with E-state index in [9.17, 15) is 9.90 Å². The van der Waals surface area contributed by atoms with Gasteiger partial charge in [-0.15, -0.1) is 0 Å². The van der Waals surface area contributed by atoms with Gasteiger partial charge in [-0.2, -0.15) is 0 Å². The minimum atomic E-state index is -0.647. The normalized spacial score (nSPS) is 27.0. The summed E-state index contributed by atoms with van der Waals surface area (Å²) in [6.07, 6.45) is 3.96. The lowest BCUT2D eigenvalue weighted by Gasteiger charge is -2.44. The molecule has 1 atom stereocenters. The molecule has 23 heavy (non-hydrogen) atoms. The van der Waals surface area contributed by atoms with Gasteiger partial charge >= 0.3 is 0 Å². The van der Waals surface area contributed by atoms with E-state index in [2.05, 4.69) is 10.2 Å². The van der Waals surface area contributed by atoms with Crippen LogP contribution in [0.2, 0.25) is 0 Å². The summed E-state index contributed by atoms with van der Waals surface area (Å²) in [5.74, 6) is 0.688. The summed E-state index contributed by atoms with van der Waals surface area (Å²) in [6.45, 7) is 7.02. The van der Waals surface area contributed by atoms with Crippen LogP contribution in [0.15, 0.2) is 24.3 Å². The number of amides is 1. The standard InChI is InChI=1S/C19H28N2O2/c1-19(2,23)10-7-14-3-5-16(6-4-14)18(22)20-17-13-21-11-8-15(17)9-12-21/h3-6,15,17,23H,7-13H2,1-2H3,(H,20,22)/t17-/m1/s1. The zero-order valence-electron chi connectivity index (χ0n) is 14.2. The van der Waals surface area contributed by atoms with Gasteiger partial charge in [0.25, 0.3) is 5.91 Å². The fourth-order valence-electron chi connectivity index (χ4n) is 3.65. The largest absolute Gasteiger partial charge is 0.390 e. The lowest BCUT2D eigenvalue weighted by atomic mass is 9.84. The monoisotopic (exact) mass is 316 g/mol. The van der Waals surface area contributed by atoms with Gasteiger partial charge in [0.15, 0.2) is 0 Å². The predicted octanol–water partition coefficient (Wildman–Crippen LogP) is 2.21. The summed E-state index contributed by atoms with van der Waals surface area (Å²) in [5.41, 5.74) is 1.24. The smallest absolute Gasteiger partial charge is 0.251 e. The first-order valence-corrected chi connectivity index (χ1v) is 8.75. The molecule has 3 fully saturated rings. The Hall–Kier alpha value is -1.39. The van der Waals surface area contributed by atoms with E-state index in [1.807, 2.05) is 38.1 Å². The van der Waals surface area contributed by atoms with Gasteiger partial charge in [-0.05, 0) is 76.2 Å². The summed E-state index contributed by atoms with van der Waals surface area (Å²) < 4.78 is 0. The van der Waals surface area contributed by atoms with Crippen molar-refractivity contribution in [3.05, 3.63) is 35.4 Å². The maximum Gasteiger partial charge on any atom is 0.251 e. The van der Waals surface area contributed by atoms with Crippen molar-refractivity contribution in [2.24, 2.45) is 5.92 Å². The number of hydrogen-bond acceptors (Lipinski definition) is 3. The van der Waals surface area contributed by atoms with E-state index in [0.29, 0.717) is 12.0 Å². The average Bonchev–Trinajstić information content (AvgIpc) is 2.54. The van der Waals surface area contributed by atoms with Gasteiger partial charge in [-0.25, -0.2) is 0 Å². The Morgan fingerprint density at radius 3 is 2.43 bits per heavy atom. The minimum absolute atomic E-state index is 0.0396. The van der Waals surface area contributed by atoms with Crippen LogP contribution in [0.5, 0.6) is 0 Å². The van der Waals surface area contributed by atoms with Crippen LogP contribution in [0.4, 0.5) is 0 Å². The number of hydrogen-bond donors (Lipinski definition) is 2. The van der Waals surface area contributed by atoms with Crippen molar-refractivity contribution in [3.63, 3.8) is 0 Å². The molecule has 126 valence electrons. The van der Waals surface area contributed by atoms with Gasteiger partial charge in [0.2, 0.25) is 0 Å². The molecular formula is C19H28N2O2. The van der Waals surface area contributed by atoms with Crippen LogP contribution < -0.4 is 5.32 Å². The third-order valence-corrected chi connectivity index (χ3v) is 5.21. The molecule has 4 heteroatoms. The molecule has 4 nitrogen and oxygen atoms in total. The highest BCUT2D eigenvalue weighted by Gasteiger charge is 2.34. The molecule has 0 spiro atoms. The Balaban J connectivity index is 1.55. The molecule has 1 aromatic carbocycles. The van der Waals surface area contributed by atoms with E-state index in [4.69, 9.17) is 0 Å². The number of nitrogens with zero attached hydrogens (tertiary/aromatic N) is 1. The maximum atomic E-state index is 12.4. The molecule has 4 rings (SSSR count). The first-order chi connectivity index (χ1) is 10.9. The lowest BCUT2D eigenvalue weighted by molar-refractivity contribution is 0.0620. The first kappa shape index (κ1) is 16.5.